The van der Waals surface area contributed by atoms with E-state index >= 15 is 0 Å². The monoisotopic (exact) mass is 342 g/mol. The third-order valence-electron chi connectivity index (χ3n) is 5.12. The summed E-state index contributed by atoms with van der Waals surface area (Å²) in [6.07, 6.45) is 7.84. The van der Waals surface area contributed by atoms with Crippen molar-refractivity contribution in [1.82, 2.24) is 10.0 Å². The van der Waals surface area contributed by atoms with Crippen LogP contribution in [0.1, 0.15) is 56.7 Å². The summed E-state index contributed by atoms with van der Waals surface area (Å²) in [5.41, 5.74) is 2.08. The van der Waals surface area contributed by atoms with Crippen LogP contribution in [-0.2, 0) is 0 Å². The standard InChI is InChI=1S/C20H26N2OS/c1-3-5-12-20(4-2)15-24-18-9-7-6-8-17(18)19(22(20)23)16-10-13-21-14-11-16/h6-11,13-14,19,23H,3-5,12,15H2,1-2H3/t19-,20+/m0/s1. The maximum absolute atomic E-state index is 11.4. The smallest absolute Gasteiger partial charge is 0.0868 e. The first kappa shape index (κ1) is 17.5. The fraction of sp³-hybridized carbons (Fsp3) is 0.450. The van der Waals surface area contributed by atoms with Crippen LogP contribution in [0.4, 0.5) is 0 Å². The van der Waals surface area contributed by atoms with Gasteiger partial charge < -0.3 is 5.21 Å². The number of pyridine rings is 1. The highest BCUT2D eigenvalue weighted by Crippen LogP contribution is 2.45. The van der Waals surface area contributed by atoms with Crippen LogP contribution < -0.4 is 0 Å². The molecule has 24 heavy (non-hydrogen) atoms. The van der Waals surface area contributed by atoms with Crippen molar-refractivity contribution < 1.29 is 5.21 Å². The number of nitrogens with zero attached hydrogens (tertiary/aromatic N) is 2. The Morgan fingerprint density at radius 2 is 1.96 bits per heavy atom. The lowest BCUT2D eigenvalue weighted by atomic mass is 9.87. The third kappa shape index (κ3) is 3.23. The minimum atomic E-state index is -0.201. The van der Waals surface area contributed by atoms with Crippen LogP contribution in [0, 0.1) is 0 Å². The Morgan fingerprint density at radius 1 is 1.21 bits per heavy atom. The number of unbranched alkanes of at least 4 members (excludes halogenated alkanes) is 1. The van der Waals surface area contributed by atoms with Crippen LogP contribution in [0.25, 0.3) is 0 Å². The van der Waals surface area contributed by atoms with Crippen molar-refractivity contribution in [3.63, 3.8) is 0 Å². The number of hydrogen-bond donors (Lipinski definition) is 1. The van der Waals surface area contributed by atoms with Gasteiger partial charge in [0.15, 0.2) is 0 Å². The molecule has 0 radical (unpaired) electrons. The summed E-state index contributed by atoms with van der Waals surface area (Å²) in [4.78, 5) is 5.41. The van der Waals surface area contributed by atoms with E-state index in [9.17, 15) is 5.21 Å². The molecule has 0 spiro atoms. The summed E-state index contributed by atoms with van der Waals surface area (Å²) in [6.45, 7) is 4.41. The largest absolute Gasteiger partial charge is 0.312 e. The van der Waals surface area contributed by atoms with E-state index < -0.39 is 0 Å². The normalized spacial score (nSPS) is 24.4. The lowest BCUT2D eigenvalue weighted by molar-refractivity contribution is -0.193. The van der Waals surface area contributed by atoms with Gasteiger partial charge >= 0.3 is 0 Å². The van der Waals surface area contributed by atoms with Gasteiger partial charge in [-0.3, -0.25) is 4.98 Å². The maximum atomic E-state index is 11.4. The summed E-state index contributed by atoms with van der Waals surface area (Å²) >= 11 is 1.88. The van der Waals surface area contributed by atoms with E-state index in [0.717, 1.165) is 37.0 Å². The van der Waals surface area contributed by atoms with Gasteiger partial charge in [-0.15, -0.1) is 11.8 Å². The zero-order chi connectivity index (χ0) is 17.0. The molecule has 1 aliphatic heterocycles. The number of aromatic nitrogens is 1. The van der Waals surface area contributed by atoms with Gasteiger partial charge in [-0.05, 0) is 42.2 Å². The van der Waals surface area contributed by atoms with E-state index in [2.05, 4.69) is 43.1 Å². The maximum Gasteiger partial charge on any atom is 0.0868 e. The minimum Gasteiger partial charge on any atom is -0.312 e. The second-order valence-electron chi connectivity index (χ2n) is 6.54. The van der Waals surface area contributed by atoms with Crippen LogP contribution in [0.15, 0.2) is 53.7 Å². The summed E-state index contributed by atoms with van der Waals surface area (Å²) in [5.74, 6) is 0.915. The van der Waals surface area contributed by atoms with Gasteiger partial charge in [-0.1, -0.05) is 44.9 Å². The number of fused-ring (bicyclic) bond motifs is 1. The van der Waals surface area contributed by atoms with Crippen molar-refractivity contribution >= 4 is 11.8 Å². The second kappa shape index (κ2) is 7.68. The Balaban J connectivity index is 2.09. The van der Waals surface area contributed by atoms with Gasteiger partial charge in [0.05, 0.1) is 11.6 Å². The summed E-state index contributed by atoms with van der Waals surface area (Å²) in [7, 11) is 0. The van der Waals surface area contributed by atoms with E-state index in [-0.39, 0.29) is 11.6 Å². The lowest BCUT2D eigenvalue weighted by Crippen LogP contribution is -2.49. The predicted molar refractivity (Wildman–Crippen MR) is 99.4 cm³/mol. The average Bonchev–Trinajstić information content (AvgIpc) is 2.76. The molecule has 1 N–H and O–H groups in total. The van der Waals surface area contributed by atoms with Crippen molar-refractivity contribution in [3.05, 3.63) is 59.9 Å². The van der Waals surface area contributed by atoms with Gasteiger partial charge in [-0.2, -0.15) is 5.06 Å². The molecule has 3 rings (SSSR count). The molecular weight excluding hydrogens is 316 g/mol. The van der Waals surface area contributed by atoms with Crippen molar-refractivity contribution in [3.8, 4) is 0 Å². The molecule has 0 bridgehead atoms. The van der Waals surface area contributed by atoms with Gasteiger partial charge in [0.1, 0.15) is 0 Å². The minimum absolute atomic E-state index is 0.143. The molecule has 1 aromatic heterocycles. The molecule has 0 aliphatic carbocycles. The Labute approximate surface area is 149 Å². The zero-order valence-electron chi connectivity index (χ0n) is 14.5. The highest BCUT2D eigenvalue weighted by Gasteiger charge is 2.42. The topological polar surface area (TPSA) is 36.4 Å². The van der Waals surface area contributed by atoms with E-state index in [1.165, 1.54) is 10.5 Å². The Hall–Kier alpha value is -1.36. The van der Waals surface area contributed by atoms with Gasteiger partial charge in [0, 0.05) is 23.0 Å². The molecule has 4 heteroatoms. The van der Waals surface area contributed by atoms with Crippen molar-refractivity contribution in [2.45, 2.75) is 56.0 Å². The lowest BCUT2D eigenvalue weighted by Gasteiger charge is -2.42. The highest BCUT2D eigenvalue weighted by molar-refractivity contribution is 7.99. The Kier molecular flexibility index (Phi) is 5.59. The van der Waals surface area contributed by atoms with E-state index in [4.69, 9.17) is 0 Å². The van der Waals surface area contributed by atoms with Crippen molar-refractivity contribution in [1.29, 1.82) is 0 Å². The molecule has 3 nitrogen and oxygen atoms in total. The van der Waals surface area contributed by atoms with Crippen LogP contribution >= 0.6 is 11.8 Å². The van der Waals surface area contributed by atoms with Crippen LogP contribution in [0.3, 0.4) is 0 Å². The SMILES string of the molecule is CCCC[C@]1(CC)CSc2ccccc2[C@H](c2ccncc2)N1O. The molecule has 0 saturated heterocycles. The number of benzene rings is 1. The van der Waals surface area contributed by atoms with E-state index in [0.29, 0.717) is 0 Å². The fourth-order valence-electron chi connectivity index (χ4n) is 3.52. The molecule has 0 amide bonds. The first-order valence-electron chi connectivity index (χ1n) is 8.81. The first-order valence-corrected chi connectivity index (χ1v) is 9.80. The highest BCUT2D eigenvalue weighted by atomic mass is 32.2. The Morgan fingerprint density at radius 3 is 2.67 bits per heavy atom. The molecule has 0 unspecified atom stereocenters. The number of hydroxylamine groups is 2. The van der Waals surface area contributed by atoms with Gasteiger partial charge in [0.2, 0.25) is 0 Å². The van der Waals surface area contributed by atoms with E-state index in [1.54, 1.807) is 5.06 Å². The zero-order valence-corrected chi connectivity index (χ0v) is 15.3. The number of hydrogen-bond acceptors (Lipinski definition) is 4. The van der Waals surface area contributed by atoms with Crippen molar-refractivity contribution in [2.75, 3.05) is 5.75 Å². The number of rotatable bonds is 5. The number of thioether (sulfide) groups is 1. The molecular formula is C20H26N2OS. The van der Waals surface area contributed by atoms with Crippen LogP contribution in [0.5, 0.6) is 0 Å². The van der Waals surface area contributed by atoms with Gasteiger partial charge in [0.25, 0.3) is 0 Å². The summed E-state index contributed by atoms with van der Waals surface area (Å²) in [5, 5.41) is 13.0. The van der Waals surface area contributed by atoms with E-state index in [1.807, 2.05) is 36.3 Å². The second-order valence-corrected chi connectivity index (χ2v) is 7.55. The molecule has 1 aliphatic rings. The molecule has 2 atom stereocenters. The predicted octanol–water partition coefficient (Wildman–Crippen LogP) is 5.31. The molecule has 1 aromatic carbocycles. The summed E-state index contributed by atoms with van der Waals surface area (Å²) < 4.78 is 0. The fourth-order valence-corrected chi connectivity index (χ4v) is 4.95. The van der Waals surface area contributed by atoms with Gasteiger partial charge in [-0.25, -0.2) is 0 Å². The molecule has 0 saturated carbocycles. The molecule has 2 heterocycles. The van der Waals surface area contributed by atoms with Crippen LogP contribution in [0.2, 0.25) is 0 Å². The quantitative estimate of drug-likeness (QED) is 0.799. The third-order valence-corrected chi connectivity index (χ3v) is 6.48. The summed E-state index contributed by atoms with van der Waals surface area (Å²) in [6, 6.07) is 12.3. The van der Waals surface area contributed by atoms with Crippen LogP contribution in [-0.4, -0.2) is 26.5 Å². The van der Waals surface area contributed by atoms with Crippen molar-refractivity contribution in [2.24, 2.45) is 0 Å². The Bertz CT molecular complexity index is 664. The molecule has 0 fully saturated rings. The molecule has 128 valence electrons. The first-order chi connectivity index (χ1) is 11.7. The molecule has 2 aromatic rings. The average molecular weight is 343 g/mol.